The third-order valence-electron chi connectivity index (χ3n) is 2.35. The van der Waals surface area contributed by atoms with E-state index >= 15 is 0 Å². The summed E-state index contributed by atoms with van der Waals surface area (Å²) in [4.78, 5) is 6.47. The number of aromatic nitrogens is 2. The maximum atomic E-state index is 9.12. The van der Waals surface area contributed by atoms with E-state index in [1.165, 1.54) is 11.5 Å². The summed E-state index contributed by atoms with van der Waals surface area (Å²) in [6, 6.07) is 0.257. The Morgan fingerprint density at radius 1 is 1.69 bits per heavy atom. The summed E-state index contributed by atoms with van der Waals surface area (Å²) in [5, 5.41) is 10.1. The summed E-state index contributed by atoms with van der Waals surface area (Å²) in [5.41, 5.74) is 0. The van der Waals surface area contributed by atoms with Crippen LogP contribution in [0.15, 0.2) is 0 Å². The number of aliphatic hydroxyl groups excluding tert-OH is 1. The fourth-order valence-electron chi connectivity index (χ4n) is 1.68. The summed E-state index contributed by atoms with van der Waals surface area (Å²) in [6.07, 6.45) is 2.21. The molecule has 1 aromatic heterocycles. The molecule has 0 amide bonds. The van der Waals surface area contributed by atoms with Gasteiger partial charge < -0.3 is 10.0 Å². The molecule has 0 radical (unpaired) electrons. The molecule has 0 aromatic carbocycles. The van der Waals surface area contributed by atoms with Gasteiger partial charge in [0.05, 0.1) is 12.6 Å². The van der Waals surface area contributed by atoms with Crippen LogP contribution in [0.1, 0.15) is 18.7 Å². The molecular weight excluding hydrogens is 186 g/mol. The Kier molecular flexibility index (Phi) is 2.46. The normalized spacial score (nSPS) is 22.6. The second kappa shape index (κ2) is 3.59. The minimum atomic E-state index is 0.221. The van der Waals surface area contributed by atoms with Crippen molar-refractivity contribution in [3.8, 4) is 0 Å². The molecule has 2 rings (SSSR count). The summed E-state index contributed by atoms with van der Waals surface area (Å²) in [7, 11) is 0. The van der Waals surface area contributed by atoms with Gasteiger partial charge in [0, 0.05) is 18.1 Å². The number of aryl methyl sites for hydroxylation is 1. The summed E-state index contributed by atoms with van der Waals surface area (Å²) in [5.74, 6) is 0.823. The first-order valence-electron chi connectivity index (χ1n) is 4.49. The number of rotatable bonds is 2. The second-order valence-corrected chi connectivity index (χ2v) is 4.03. The van der Waals surface area contributed by atoms with Crippen LogP contribution in [0, 0.1) is 6.92 Å². The first-order chi connectivity index (χ1) is 6.31. The zero-order valence-electron chi connectivity index (χ0n) is 7.60. The van der Waals surface area contributed by atoms with Gasteiger partial charge in [0.2, 0.25) is 5.13 Å². The van der Waals surface area contributed by atoms with E-state index in [1.54, 1.807) is 0 Å². The van der Waals surface area contributed by atoms with Gasteiger partial charge in [-0.15, -0.1) is 0 Å². The first kappa shape index (κ1) is 8.90. The van der Waals surface area contributed by atoms with Crippen LogP contribution < -0.4 is 4.90 Å². The van der Waals surface area contributed by atoms with Crippen molar-refractivity contribution >= 4 is 16.7 Å². The van der Waals surface area contributed by atoms with Crippen LogP contribution in [0.3, 0.4) is 0 Å². The molecule has 1 fully saturated rings. The summed E-state index contributed by atoms with van der Waals surface area (Å²) >= 11 is 1.42. The Morgan fingerprint density at radius 3 is 3.15 bits per heavy atom. The average molecular weight is 199 g/mol. The lowest BCUT2D eigenvalue weighted by atomic mass is 10.2. The summed E-state index contributed by atoms with van der Waals surface area (Å²) < 4.78 is 4.14. The maximum Gasteiger partial charge on any atom is 0.205 e. The molecule has 0 spiro atoms. The van der Waals surface area contributed by atoms with E-state index in [0.29, 0.717) is 0 Å². The zero-order valence-corrected chi connectivity index (χ0v) is 8.42. The molecular formula is C8H13N3OS. The molecule has 0 saturated carbocycles. The average Bonchev–Trinajstić information content (AvgIpc) is 2.71. The van der Waals surface area contributed by atoms with Gasteiger partial charge in [-0.1, -0.05) is 0 Å². The van der Waals surface area contributed by atoms with Gasteiger partial charge in [0.25, 0.3) is 0 Å². The van der Waals surface area contributed by atoms with E-state index in [9.17, 15) is 0 Å². The zero-order chi connectivity index (χ0) is 9.26. The van der Waals surface area contributed by atoms with Crippen molar-refractivity contribution in [2.45, 2.75) is 25.8 Å². The van der Waals surface area contributed by atoms with Gasteiger partial charge in [-0.3, -0.25) is 0 Å². The predicted octanol–water partition coefficient (Wildman–Crippen LogP) is 0.808. The van der Waals surface area contributed by atoms with E-state index in [1.807, 2.05) is 6.92 Å². The van der Waals surface area contributed by atoms with Gasteiger partial charge in [0.1, 0.15) is 5.82 Å². The van der Waals surface area contributed by atoms with Crippen molar-refractivity contribution in [1.29, 1.82) is 0 Å². The van der Waals surface area contributed by atoms with Crippen molar-refractivity contribution in [2.24, 2.45) is 0 Å². The Morgan fingerprint density at radius 2 is 2.54 bits per heavy atom. The van der Waals surface area contributed by atoms with Crippen LogP contribution in [-0.2, 0) is 0 Å². The van der Waals surface area contributed by atoms with Gasteiger partial charge >= 0.3 is 0 Å². The molecule has 5 heteroatoms. The maximum absolute atomic E-state index is 9.12. The van der Waals surface area contributed by atoms with Crippen LogP contribution >= 0.6 is 11.5 Å². The van der Waals surface area contributed by atoms with Crippen molar-refractivity contribution < 1.29 is 5.11 Å². The Bertz CT molecular complexity index is 289. The first-order valence-corrected chi connectivity index (χ1v) is 5.26. The van der Waals surface area contributed by atoms with E-state index in [-0.39, 0.29) is 12.6 Å². The molecule has 13 heavy (non-hydrogen) atoms. The molecule has 1 saturated heterocycles. The molecule has 1 N–H and O–H groups in total. The number of nitrogens with zero attached hydrogens (tertiary/aromatic N) is 3. The molecule has 4 nitrogen and oxygen atoms in total. The quantitative estimate of drug-likeness (QED) is 0.765. The summed E-state index contributed by atoms with van der Waals surface area (Å²) in [6.45, 7) is 3.11. The van der Waals surface area contributed by atoms with Crippen LogP contribution in [0.25, 0.3) is 0 Å². The van der Waals surface area contributed by atoms with E-state index in [0.717, 1.165) is 30.3 Å². The minimum absolute atomic E-state index is 0.221. The van der Waals surface area contributed by atoms with E-state index in [2.05, 4.69) is 14.3 Å². The third kappa shape index (κ3) is 1.66. The molecule has 0 aliphatic carbocycles. The van der Waals surface area contributed by atoms with Crippen LogP contribution in [-0.4, -0.2) is 33.7 Å². The van der Waals surface area contributed by atoms with Gasteiger partial charge in [0.15, 0.2) is 0 Å². The standard InChI is InChI=1S/C8H13N3OS/c1-6-9-8(13-10-6)11-4-2-3-7(11)5-12/h7,12H,2-5H2,1H3. The number of aliphatic hydroxyl groups is 1. The van der Waals surface area contributed by atoms with Crippen LogP contribution in [0.5, 0.6) is 0 Å². The number of hydrogen-bond donors (Lipinski definition) is 1. The molecule has 1 aromatic rings. The fourth-order valence-corrected chi connectivity index (χ4v) is 2.45. The molecule has 1 aliphatic heterocycles. The largest absolute Gasteiger partial charge is 0.394 e. The second-order valence-electron chi connectivity index (χ2n) is 3.30. The van der Waals surface area contributed by atoms with Crippen molar-refractivity contribution in [3.63, 3.8) is 0 Å². The Labute approximate surface area is 81.4 Å². The predicted molar refractivity (Wildman–Crippen MR) is 52.1 cm³/mol. The number of anilines is 1. The Balaban J connectivity index is 2.15. The lowest BCUT2D eigenvalue weighted by molar-refractivity contribution is 0.266. The SMILES string of the molecule is Cc1nsc(N2CCCC2CO)n1. The Hall–Kier alpha value is -0.680. The molecule has 0 bridgehead atoms. The lowest BCUT2D eigenvalue weighted by Gasteiger charge is -2.21. The number of hydrogen-bond acceptors (Lipinski definition) is 5. The third-order valence-corrected chi connectivity index (χ3v) is 3.20. The highest BCUT2D eigenvalue weighted by Crippen LogP contribution is 2.26. The molecule has 1 unspecified atom stereocenters. The van der Waals surface area contributed by atoms with Crippen molar-refractivity contribution in [3.05, 3.63) is 5.82 Å². The molecule has 2 heterocycles. The van der Waals surface area contributed by atoms with Crippen LogP contribution in [0.4, 0.5) is 5.13 Å². The highest BCUT2D eigenvalue weighted by atomic mass is 32.1. The molecule has 1 atom stereocenters. The van der Waals surface area contributed by atoms with Crippen molar-refractivity contribution in [2.75, 3.05) is 18.1 Å². The molecule has 72 valence electrons. The highest BCUT2D eigenvalue weighted by molar-refractivity contribution is 7.09. The van der Waals surface area contributed by atoms with E-state index in [4.69, 9.17) is 5.11 Å². The minimum Gasteiger partial charge on any atom is -0.394 e. The highest BCUT2D eigenvalue weighted by Gasteiger charge is 2.26. The topological polar surface area (TPSA) is 49.2 Å². The molecule has 1 aliphatic rings. The van der Waals surface area contributed by atoms with Gasteiger partial charge in [-0.25, -0.2) is 4.98 Å². The monoisotopic (exact) mass is 199 g/mol. The van der Waals surface area contributed by atoms with Crippen molar-refractivity contribution in [1.82, 2.24) is 9.36 Å². The lowest BCUT2D eigenvalue weighted by Crippen LogP contribution is -2.31. The smallest absolute Gasteiger partial charge is 0.205 e. The van der Waals surface area contributed by atoms with E-state index < -0.39 is 0 Å². The fraction of sp³-hybridized carbons (Fsp3) is 0.750. The van der Waals surface area contributed by atoms with Gasteiger partial charge in [-0.2, -0.15) is 4.37 Å². The van der Waals surface area contributed by atoms with Crippen LogP contribution in [0.2, 0.25) is 0 Å². The van der Waals surface area contributed by atoms with Gasteiger partial charge in [-0.05, 0) is 19.8 Å².